The first kappa shape index (κ1) is 18.1. The Kier molecular flexibility index (Phi) is 4.25. The van der Waals surface area contributed by atoms with Crippen molar-refractivity contribution in [3.8, 4) is 0 Å². The maximum absolute atomic E-state index is 7.12. The summed E-state index contributed by atoms with van der Waals surface area (Å²) in [5.41, 5.74) is 2.13. The molecule has 2 fully saturated rings. The van der Waals surface area contributed by atoms with Crippen LogP contribution in [0.5, 0.6) is 0 Å². The normalized spacial score (nSPS) is 26.1. The number of rotatable bonds is 3. The fraction of sp³-hybridized carbons (Fsp3) is 0.364. The van der Waals surface area contributed by atoms with E-state index in [1.54, 1.807) is 0 Å². The average Bonchev–Trinajstić information content (AvgIpc) is 3.46. The Morgan fingerprint density at radius 3 is 1.50 bits per heavy atom. The SMILES string of the molecule is CN1CCN(C)P12(N1CCCC1)OC(c1ccccc1)=C(c1ccccc1)O2. The monoisotopic (exact) mass is 397 g/mol. The van der Waals surface area contributed by atoms with Gasteiger partial charge < -0.3 is 0 Å². The molecular formula is C22H28N3O2P. The quantitative estimate of drug-likeness (QED) is 0.703. The Hall–Kier alpha value is -1.91. The maximum atomic E-state index is 7.12. The van der Waals surface area contributed by atoms with Crippen LogP contribution in [0.4, 0.5) is 0 Å². The van der Waals surface area contributed by atoms with Gasteiger partial charge in [-0.05, 0) is 0 Å². The first-order valence-electron chi connectivity index (χ1n) is 10.1. The zero-order chi connectivity index (χ0) is 19.2. The molecule has 0 bridgehead atoms. The third kappa shape index (κ3) is 2.34. The van der Waals surface area contributed by atoms with Crippen molar-refractivity contribution in [3.05, 3.63) is 71.8 Å². The van der Waals surface area contributed by atoms with Gasteiger partial charge in [0, 0.05) is 0 Å². The van der Waals surface area contributed by atoms with E-state index in [2.05, 4.69) is 76.6 Å². The molecule has 3 aliphatic heterocycles. The molecule has 0 saturated carbocycles. The van der Waals surface area contributed by atoms with Gasteiger partial charge in [-0.3, -0.25) is 0 Å². The van der Waals surface area contributed by atoms with Crippen LogP contribution in [0.25, 0.3) is 11.5 Å². The summed E-state index contributed by atoms with van der Waals surface area (Å²) in [7, 11) is 0.960. The van der Waals surface area contributed by atoms with Crippen LogP contribution in [0.2, 0.25) is 0 Å². The van der Waals surface area contributed by atoms with Crippen LogP contribution in [-0.4, -0.2) is 54.3 Å². The summed E-state index contributed by atoms with van der Waals surface area (Å²) >= 11 is 0. The summed E-state index contributed by atoms with van der Waals surface area (Å²) in [6.45, 7) is 3.90. The van der Waals surface area contributed by atoms with Gasteiger partial charge in [0.25, 0.3) is 0 Å². The van der Waals surface area contributed by atoms with E-state index in [1.165, 1.54) is 12.8 Å². The molecule has 0 N–H and O–H groups in total. The summed E-state index contributed by atoms with van der Waals surface area (Å²) in [6.07, 6.45) is 2.38. The third-order valence-electron chi connectivity index (χ3n) is 6.26. The van der Waals surface area contributed by atoms with E-state index >= 15 is 0 Å². The minimum absolute atomic E-state index is 0.858. The molecule has 3 aliphatic rings. The minimum atomic E-state index is -3.37. The van der Waals surface area contributed by atoms with E-state index in [-0.39, 0.29) is 0 Å². The number of nitrogens with zero attached hydrogens (tertiary/aromatic N) is 3. The van der Waals surface area contributed by atoms with Crippen LogP contribution in [0, 0.1) is 0 Å². The van der Waals surface area contributed by atoms with Gasteiger partial charge in [-0.25, -0.2) is 0 Å². The van der Waals surface area contributed by atoms with Crippen molar-refractivity contribution in [3.63, 3.8) is 0 Å². The van der Waals surface area contributed by atoms with E-state index < -0.39 is 7.51 Å². The Morgan fingerprint density at radius 2 is 1.07 bits per heavy atom. The fourth-order valence-corrected chi connectivity index (χ4v) is 9.79. The molecule has 28 heavy (non-hydrogen) atoms. The molecule has 0 radical (unpaired) electrons. The van der Waals surface area contributed by atoms with Crippen LogP contribution in [-0.2, 0) is 9.05 Å². The molecule has 0 aliphatic carbocycles. The Morgan fingerprint density at radius 1 is 0.643 bits per heavy atom. The van der Waals surface area contributed by atoms with Gasteiger partial charge in [0.2, 0.25) is 0 Å². The molecule has 6 heteroatoms. The van der Waals surface area contributed by atoms with E-state index in [4.69, 9.17) is 9.05 Å². The third-order valence-corrected chi connectivity index (χ3v) is 11.4. The first-order chi connectivity index (χ1) is 13.6. The Bertz CT molecular complexity index is 831. The fourth-order valence-electron chi connectivity index (χ4n) is 4.73. The average molecular weight is 397 g/mol. The number of benzene rings is 2. The van der Waals surface area contributed by atoms with Gasteiger partial charge in [-0.2, -0.15) is 0 Å². The van der Waals surface area contributed by atoms with E-state index in [0.29, 0.717) is 0 Å². The van der Waals surface area contributed by atoms with Crippen molar-refractivity contribution >= 4 is 19.0 Å². The van der Waals surface area contributed by atoms with Crippen LogP contribution in [0.3, 0.4) is 0 Å². The Labute approximate surface area is 167 Å². The van der Waals surface area contributed by atoms with Gasteiger partial charge in [-0.15, -0.1) is 0 Å². The topological polar surface area (TPSA) is 28.2 Å². The number of hydrogen-bond acceptors (Lipinski definition) is 5. The summed E-state index contributed by atoms with van der Waals surface area (Å²) in [5, 5.41) is 0. The molecule has 2 saturated heterocycles. The van der Waals surface area contributed by atoms with Crippen LogP contribution >= 0.6 is 7.51 Å². The van der Waals surface area contributed by atoms with E-state index in [9.17, 15) is 0 Å². The molecule has 148 valence electrons. The number of likely N-dealkylation sites (N-methyl/N-ethyl adjacent to an activating group) is 2. The van der Waals surface area contributed by atoms with Crippen molar-refractivity contribution in [2.75, 3.05) is 40.3 Å². The molecule has 0 aromatic heterocycles. The van der Waals surface area contributed by atoms with E-state index in [1.807, 2.05) is 12.1 Å². The molecule has 2 aromatic carbocycles. The van der Waals surface area contributed by atoms with Gasteiger partial charge >= 0.3 is 167 Å². The van der Waals surface area contributed by atoms with Crippen molar-refractivity contribution in [2.24, 2.45) is 0 Å². The molecule has 1 spiro atoms. The van der Waals surface area contributed by atoms with Crippen molar-refractivity contribution in [2.45, 2.75) is 12.8 Å². The molecule has 5 nitrogen and oxygen atoms in total. The van der Waals surface area contributed by atoms with Crippen LogP contribution in [0.1, 0.15) is 24.0 Å². The molecule has 3 heterocycles. The van der Waals surface area contributed by atoms with E-state index in [0.717, 1.165) is 48.8 Å². The molecule has 2 aromatic rings. The van der Waals surface area contributed by atoms with Crippen molar-refractivity contribution in [1.29, 1.82) is 0 Å². The zero-order valence-corrected chi connectivity index (χ0v) is 17.5. The molecule has 0 atom stereocenters. The summed E-state index contributed by atoms with van der Waals surface area (Å²) in [5.74, 6) is 1.72. The molecule has 5 rings (SSSR count). The summed E-state index contributed by atoms with van der Waals surface area (Å²) in [4.78, 5) is 0. The predicted octanol–water partition coefficient (Wildman–Crippen LogP) is 4.66. The second-order valence-corrected chi connectivity index (χ2v) is 11.8. The second-order valence-electron chi connectivity index (χ2n) is 7.83. The summed E-state index contributed by atoms with van der Waals surface area (Å²) in [6, 6.07) is 20.8. The molecular weight excluding hydrogens is 369 g/mol. The molecule has 0 amide bonds. The Balaban J connectivity index is 1.71. The van der Waals surface area contributed by atoms with Crippen molar-refractivity contribution < 1.29 is 9.05 Å². The van der Waals surface area contributed by atoms with Crippen LogP contribution < -0.4 is 0 Å². The first-order valence-corrected chi connectivity index (χ1v) is 12.0. The van der Waals surface area contributed by atoms with Crippen molar-refractivity contribution in [1.82, 2.24) is 14.0 Å². The number of hydrogen-bond donors (Lipinski definition) is 0. The van der Waals surface area contributed by atoms with Gasteiger partial charge in [0.15, 0.2) is 0 Å². The van der Waals surface area contributed by atoms with Crippen LogP contribution in [0.15, 0.2) is 60.7 Å². The zero-order valence-electron chi connectivity index (χ0n) is 16.6. The second kappa shape index (κ2) is 6.57. The summed E-state index contributed by atoms with van der Waals surface area (Å²) < 4.78 is 21.5. The van der Waals surface area contributed by atoms with Gasteiger partial charge in [0.05, 0.1) is 0 Å². The predicted molar refractivity (Wildman–Crippen MR) is 115 cm³/mol. The molecule has 0 unspecified atom stereocenters. The van der Waals surface area contributed by atoms with Gasteiger partial charge in [-0.1, -0.05) is 0 Å². The van der Waals surface area contributed by atoms with Gasteiger partial charge in [0.1, 0.15) is 0 Å². The standard InChI is InChI=1S/C22H28N3O2P/c1-23-17-18-24(2)28(23,25-15-9-10-16-25)26-21(19-11-5-3-6-12-19)22(27-28)20-13-7-4-8-14-20/h3-8,11-14H,9-10,15-18H2,1-2H3.